The molecule has 0 aliphatic carbocycles. The molecule has 2 amide bonds. The molecule has 110 valence electrons. The van der Waals surface area contributed by atoms with Gasteiger partial charge in [-0.1, -0.05) is 6.92 Å². The molecule has 3 N–H and O–H groups in total. The number of carbonyl (C=O) groups excluding carboxylic acids is 2. The Morgan fingerprint density at radius 1 is 1.30 bits per heavy atom. The van der Waals surface area contributed by atoms with Crippen LogP contribution in [0, 0.1) is 11.6 Å². The number of nitrogens with two attached hydrogens (primary N) is 1. The number of carbonyl (C=O) groups is 2. The Kier molecular flexibility index (Phi) is 5.42. The van der Waals surface area contributed by atoms with Gasteiger partial charge in [0, 0.05) is 25.3 Å². The van der Waals surface area contributed by atoms with E-state index in [0.29, 0.717) is 6.54 Å². The maximum Gasteiger partial charge on any atom is 0.256 e. The lowest BCUT2D eigenvalue weighted by atomic mass is 10.1. The highest BCUT2D eigenvalue weighted by molar-refractivity contribution is 6.00. The van der Waals surface area contributed by atoms with Crippen molar-refractivity contribution in [2.75, 3.05) is 25.9 Å². The van der Waals surface area contributed by atoms with Crippen LogP contribution in [0.25, 0.3) is 0 Å². The van der Waals surface area contributed by atoms with Gasteiger partial charge < -0.3 is 16.0 Å². The van der Waals surface area contributed by atoms with E-state index in [2.05, 4.69) is 5.32 Å². The predicted molar refractivity (Wildman–Crippen MR) is 71.0 cm³/mol. The molecule has 0 fully saturated rings. The van der Waals surface area contributed by atoms with Crippen molar-refractivity contribution < 1.29 is 18.4 Å². The highest BCUT2D eigenvalue weighted by Crippen LogP contribution is 2.18. The van der Waals surface area contributed by atoms with E-state index in [-0.39, 0.29) is 23.7 Å². The third kappa shape index (κ3) is 3.91. The summed E-state index contributed by atoms with van der Waals surface area (Å²) in [5.74, 6) is -3.26. The molecule has 0 spiro atoms. The fourth-order valence-corrected chi connectivity index (χ4v) is 1.56. The van der Waals surface area contributed by atoms with Crippen molar-refractivity contribution in [3.8, 4) is 0 Å². The Bertz CT molecular complexity index is 521. The lowest BCUT2D eigenvalue weighted by molar-refractivity contribution is -0.121. The van der Waals surface area contributed by atoms with Crippen molar-refractivity contribution >= 4 is 17.5 Å². The van der Waals surface area contributed by atoms with Gasteiger partial charge in [-0.15, -0.1) is 0 Å². The van der Waals surface area contributed by atoms with Crippen molar-refractivity contribution in [3.63, 3.8) is 0 Å². The first-order valence-corrected chi connectivity index (χ1v) is 6.13. The van der Waals surface area contributed by atoms with Crippen LogP contribution in [0.2, 0.25) is 0 Å². The summed E-state index contributed by atoms with van der Waals surface area (Å²) >= 11 is 0. The molecule has 0 unspecified atom stereocenters. The van der Waals surface area contributed by atoms with E-state index in [1.54, 1.807) is 0 Å². The van der Waals surface area contributed by atoms with Gasteiger partial charge in [0.25, 0.3) is 5.91 Å². The lowest BCUT2D eigenvalue weighted by Gasteiger charge is -2.18. The zero-order valence-electron chi connectivity index (χ0n) is 11.4. The summed E-state index contributed by atoms with van der Waals surface area (Å²) < 4.78 is 26.1. The molecule has 20 heavy (non-hydrogen) atoms. The zero-order chi connectivity index (χ0) is 15.3. The largest absolute Gasteiger partial charge is 0.398 e. The molecule has 1 rings (SSSR count). The molecule has 0 bridgehead atoms. The fourth-order valence-electron chi connectivity index (χ4n) is 1.56. The molecule has 0 saturated heterocycles. The van der Waals surface area contributed by atoms with Gasteiger partial charge in [-0.25, -0.2) is 8.78 Å². The first-order chi connectivity index (χ1) is 9.36. The van der Waals surface area contributed by atoms with Crippen molar-refractivity contribution in [3.05, 3.63) is 29.3 Å². The van der Waals surface area contributed by atoms with Gasteiger partial charge >= 0.3 is 0 Å². The summed E-state index contributed by atoms with van der Waals surface area (Å²) in [7, 11) is 1.38. The van der Waals surface area contributed by atoms with Crippen LogP contribution in [-0.2, 0) is 4.79 Å². The molecule has 0 aromatic heterocycles. The van der Waals surface area contributed by atoms with Gasteiger partial charge in [0.1, 0.15) is 0 Å². The quantitative estimate of drug-likeness (QED) is 0.797. The second kappa shape index (κ2) is 6.83. The molecular formula is C13H17F2N3O2. The fraction of sp³-hybridized carbons (Fsp3) is 0.385. The minimum absolute atomic E-state index is 0.172. The number of nitrogens with zero attached hydrogens (tertiary/aromatic N) is 1. The van der Waals surface area contributed by atoms with Crippen molar-refractivity contribution in [1.29, 1.82) is 0 Å². The van der Waals surface area contributed by atoms with Crippen molar-refractivity contribution in [2.45, 2.75) is 13.3 Å². The molecule has 0 atom stereocenters. The summed E-state index contributed by atoms with van der Waals surface area (Å²) in [6.07, 6.45) is 0.777. The number of rotatable bonds is 5. The SMILES string of the molecule is CCCNC(=O)CN(C)C(=O)c1cc(F)c(F)cc1N. The topological polar surface area (TPSA) is 75.4 Å². The number of halogens is 2. The maximum absolute atomic E-state index is 13.1. The third-order valence-electron chi connectivity index (χ3n) is 2.62. The minimum Gasteiger partial charge on any atom is -0.398 e. The van der Waals surface area contributed by atoms with Gasteiger partial charge in [0.15, 0.2) is 11.6 Å². The van der Waals surface area contributed by atoms with Gasteiger partial charge in [-0.05, 0) is 12.5 Å². The van der Waals surface area contributed by atoms with Crippen LogP contribution in [0.4, 0.5) is 14.5 Å². The van der Waals surface area contributed by atoms with E-state index in [1.165, 1.54) is 7.05 Å². The van der Waals surface area contributed by atoms with Gasteiger partial charge in [-0.3, -0.25) is 9.59 Å². The first kappa shape index (κ1) is 15.9. The monoisotopic (exact) mass is 285 g/mol. The minimum atomic E-state index is -1.16. The number of nitrogen functional groups attached to an aromatic ring is 1. The number of amides is 2. The Hall–Kier alpha value is -2.18. The Labute approximate surface area is 115 Å². The van der Waals surface area contributed by atoms with Gasteiger partial charge in [-0.2, -0.15) is 0 Å². The lowest BCUT2D eigenvalue weighted by Crippen LogP contribution is -2.38. The molecule has 0 heterocycles. The molecule has 5 nitrogen and oxygen atoms in total. The van der Waals surface area contributed by atoms with Crippen LogP contribution < -0.4 is 11.1 Å². The number of anilines is 1. The van der Waals surface area contributed by atoms with Crippen LogP contribution in [0.15, 0.2) is 12.1 Å². The molecule has 1 aromatic carbocycles. The smallest absolute Gasteiger partial charge is 0.256 e. The van der Waals surface area contributed by atoms with E-state index >= 15 is 0 Å². The third-order valence-corrected chi connectivity index (χ3v) is 2.62. The molecule has 0 aliphatic heterocycles. The number of likely N-dealkylation sites (N-methyl/N-ethyl adjacent to an activating group) is 1. The van der Waals surface area contributed by atoms with Crippen LogP contribution in [0.5, 0.6) is 0 Å². The molecule has 0 radical (unpaired) electrons. The first-order valence-electron chi connectivity index (χ1n) is 6.13. The van der Waals surface area contributed by atoms with Gasteiger partial charge in [0.2, 0.25) is 5.91 Å². The summed E-state index contributed by atoms with van der Waals surface area (Å²) in [6.45, 7) is 2.22. The molecule has 0 saturated carbocycles. The van der Waals surface area contributed by atoms with Gasteiger partial charge in [0.05, 0.1) is 12.1 Å². The van der Waals surface area contributed by atoms with Crippen LogP contribution in [-0.4, -0.2) is 36.9 Å². The number of hydrogen-bond acceptors (Lipinski definition) is 3. The summed E-state index contributed by atoms with van der Waals surface area (Å²) in [5.41, 5.74) is 5.14. The van der Waals surface area contributed by atoms with E-state index < -0.39 is 17.5 Å². The maximum atomic E-state index is 13.1. The van der Waals surface area contributed by atoms with Crippen molar-refractivity contribution in [1.82, 2.24) is 10.2 Å². The predicted octanol–water partition coefficient (Wildman–Crippen LogP) is 1.15. The Morgan fingerprint density at radius 2 is 1.90 bits per heavy atom. The molecule has 0 aliphatic rings. The van der Waals surface area contributed by atoms with E-state index in [9.17, 15) is 18.4 Å². The van der Waals surface area contributed by atoms with Crippen LogP contribution >= 0.6 is 0 Å². The van der Waals surface area contributed by atoms with Crippen LogP contribution in [0.1, 0.15) is 23.7 Å². The number of nitrogens with one attached hydrogen (secondary N) is 1. The van der Waals surface area contributed by atoms with Crippen molar-refractivity contribution in [2.24, 2.45) is 0 Å². The standard InChI is InChI=1S/C13H17F2N3O2/c1-3-4-17-12(19)7-18(2)13(20)8-5-9(14)10(15)6-11(8)16/h5-6H,3-4,7,16H2,1-2H3,(H,17,19). The zero-order valence-corrected chi connectivity index (χ0v) is 11.4. The average Bonchev–Trinajstić information content (AvgIpc) is 2.39. The molecule has 7 heteroatoms. The number of benzene rings is 1. The average molecular weight is 285 g/mol. The summed E-state index contributed by atoms with van der Waals surface area (Å²) in [4.78, 5) is 24.6. The highest BCUT2D eigenvalue weighted by Gasteiger charge is 2.19. The molecular weight excluding hydrogens is 268 g/mol. The second-order valence-corrected chi connectivity index (χ2v) is 4.36. The Balaban J connectivity index is 2.79. The summed E-state index contributed by atoms with van der Waals surface area (Å²) in [5, 5.41) is 2.61. The normalized spacial score (nSPS) is 10.2. The summed E-state index contributed by atoms with van der Waals surface area (Å²) in [6, 6.07) is 1.47. The number of hydrogen-bond donors (Lipinski definition) is 2. The van der Waals surface area contributed by atoms with Crippen LogP contribution in [0.3, 0.4) is 0 Å². The van der Waals surface area contributed by atoms with E-state index in [4.69, 9.17) is 5.73 Å². The van der Waals surface area contributed by atoms with E-state index in [1.807, 2.05) is 6.92 Å². The second-order valence-electron chi connectivity index (χ2n) is 4.36. The highest BCUT2D eigenvalue weighted by atomic mass is 19.2. The Morgan fingerprint density at radius 3 is 2.50 bits per heavy atom. The van der Waals surface area contributed by atoms with E-state index in [0.717, 1.165) is 23.5 Å². The molecule has 1 aromatic rings.